The Balaban J connectivity index is 2.20. The van der Waals surface area contributed by atoms with E-state index in [9.17, 15) is 0 Å². The fourth-order valence-electron chi connectivity index (χ4n) is 2.52. The van der Waals surface area contributed by atoms with Gasteiger partial charge in [-0.2, -0.15) is 15.0 Å². The Morgan fingerprint density at radius 2 is 2.05 bits per heavy atom. The topological polar surface area (TPSA) is 71.2 Å². The summed E-state index contributed by atoms with van der Waals surface area (Å²) in [6.45, 7) is 6.65. The smallest absolute Gasteiger partial charge is 0.229 e. The van der Waals surface area contributed by atoms with Crippen LogP contribution in [-0.4, -0.2) is 47.0 Å². The summed E-state index contributed by atoms with van der Waals surface area (Å²) >= 11 is 0. The van der Waals surface area contributed by atoms with E-state index in [-0.39, 0.29) is 6.04 Å². The van der Waals surface area contributed by atoms with Gasteiger partial charge in [-0.1, -0.05) is 6.92 Å². The molecule has 0 aromatic carbocycles. The lowest BCUT2D eigenvalue weighted by Crippen LogP contribution is -2.37. The molecule has 1 aliphatic rings. The minimum atomic E-state index is 0.187. The van der Waals surface area contributed by atoms with Crippen molar-refractivity contribution in [3.8, 4) is 0 Å². The molecule has 1 aliphatic heterocycles. The average Bonchev–Trinajstić information content (AvgIpc) is 2.37. The molecule has 2 atom stereocenters. The number of hydrogen-bond donors (Lipinski definition) is 1. The van der Waals surface area contributed by atoms with Crippen molar-refractivity contribution in [3.05, 3.63) is 5.82 Å². The van der Waals surface area contributed by atoms with Crippen LogP contribution in [0.1, 0.15) is 38.6 Å². The SMILES string of the molecule is C[C@@H]1CCCN([C@H](C)c2nc(N)nc(N(C)C)n2)C1. The van der Waals surface area contributed by atoms with Gasteiger partial charge in [0, 0.05) is 20.6 Å². The first-order valence-electron chi connectivity index (χ1n) is 6.90. The Morgan fingerprint density at radius 1 is 1.32 bits per heavy atom. The summed E-state index contributed by atoms with van der Waals surface area (Å²) in [5, 5.41) is 0. The van der Waals surface area contributed by atoms with E-state index < -0.39 is 0 Å². The highest BCUT2D eigenvalue weighted by molar-refractivity contribution is 5.33. The molecule has 6 heteroatoms. The predicted octanol–water partition coefficient (Wildman–Crippen LogP) is 1.31. The number of nitrogens with two attached hydrogens (primary N) is 1. The first-order chi connectivity index (χ1) is 8.97. The largest absolute Gasteiger partial charge is 0.368 e. The standard InChI is InChI=1S/C13H24N6/c1-9-6-5-7-19(8-9)10(2)11-15-12(14)17-13(16-11)18(3)4/h9-10H,5-8H2,1-4H3,(H2,14,15,16,17)/t9-,10-/m1/s1. The van der Waals surface area contributed by atoms with Gasteiger partial charge in [-0.15, -0.1) is 0 Å². The van der Waals surface area contributed by atoms with Gasteiger partial charge in [0.25, 0.3) is 0 Å². The van der Waals surface area contributed by atoms with Crippen molar-refractivity contribution >= 4 is 11.9 Å². The molecule has 2 heterocycles. The van der Waals surface area contributed by atoms with Crippen LogP contribution in [0.5, 0.6) is 0 Å². The molecule has 0 amide bonds. The summed E-state index contributed by atoms with van der Waals surface area (Å²) in [4.78, 5) is 17.2. The molecule has 1 aromatic heterocycles. The summed E-state index contributed by atoms with van der Waals surface area (Å²) in [5.74, 6) is 2.43. The van der Waals surface area contributed by atoms with E-state index in [2.05, 4.69) is 33.7 Å². The number of nitrogen functional groups attached to an aromatic ring is 1. The molecule has 0 radical (unpaired) electrons. The van der Waals surface area contributed by atoms with E-state index in [0.717, 1.165) is 24.8 Å². The normalized spacial score (nSPS) is 22.2. The molecular weight excluding hydrogens is 240 g/mol. The second-order valence-electron chi connectivity index (χ2n) is 5.66. The summed E-state index contributed by atoms with van der Waals surface area (Å²) in [5.41, 5.74) is 5.78. The molecule has 1 fully saturated rings. The Morgan fingerprint density at radius 3 is 2.68 bits per heavy atom. The van der Waals surface area contributed by atoms with Gasteiger partial charge in [-0.3, -0.25) is 4.90 Å². The van der Waals surface area contributed by atoms with Gasteiger partial charge in [0.2, 0.25) is 11.9 Å². The highest BCUT2D eigenvalue weighted by Crippen LogP contribution is 2.25. The van der Waals surface area contributed by atoms with E-state index in [1.165, 1.54) is 12.8 Å². The zero-order chi connectivity index (χ0) is 14.0. The summed E-state index contributed by atoms with van der Waals surface area (Å²) in [7, 11) is 3.82. The fraction of sp³-hybridized carbons (Fsp3) is 0.769. The molecule has 0 bridgehead atoms. The molecular formula is C13H24N6. The fourth-order valence-corrected chi connectivity index (χ4v) is 2.52. The van der Waals surface area contributed by atoms with E-state index >= 15 is 0 Å². The number of hydrogen-bond acceptors (Lipinski definition) is 6. The molecule has 0 aliphatic carbocycles. The molecule has 2 rings (SSSR count). The predicted molar refractivity (Wildman–Crippen MR) is 77.0 cm³/mol. The van der Waals surface area contributed by atoms with Crippen molar-refractivity contribution in [2.75, 3.05) is 37.8 Å². The molecule has 6 nitrogen and oxygen atoms in total. The van der Waals surface area contributed by atoms with Crippen molar-refractivity contribution in [2.45, 2.75) is 32.7 Å². The minimum Gasteiger partial charge on any atom is -0.368 e. The van der Waals surface area contributed by atoms with Crippen LogP contribution in [-0.2, 0) is 0 Å². The van der Waals surface area contributed by atoms with Gasteiger partial charge in [-0.05, 0) is 32.2 Å². The van der Waals surface area contributed by atoms with Crippen molar-refractivity contribution in [3.63, 3.8) is 0 Å². The van der Waals surface area contributed by atoms with Gasteiger partial charge in [-0.25, -0.2) is 0 Å². The average molecular weight is 264 g/mol. The third-order valence-corrected chi connectivity index (χ3v) is 3.67. The quantitative estimate of drug-likeness (QED) is 0.887. The Bertz CT molecular complexity index is 433. The van der Waals surface area contributed by atoms with Crippen LogP contribution < -0.4 is 10.6 Å². The second kappa shape index (κ2) is 5.69. The number of anilines is 2. The van der Waals surface area contributed by atoms with Crippen LogP contribution in [0.15, 0.2) is 0 Å². The van der Waals surface area contributed by atoms with Gasteiger partial charge in [0.1, 0.15) is 0 Å². The van der Waals surface area contributed by atoms with Gasteiger partial charge < -0.3 is 10.6 Å². The van der Waals surface area contributed by atoms with Crippen molar-refractivity contribution in [1.29, 1.82) is 0 Å². The highest BCUT2D eigenvalue weighted by atomic mass is 15.3. The molecule has 1 saturated heterocycles. The maximum Gasteiger partial charge on any atom is 0.229 e. The number of aromatic nitrogens is 3. The summed E-state index contributed by atoms with van der Waals surface area (Å²) in [6, 6.07) is 0.187. The lowest BCUT2D eigenvalue weighted by atomic mass is 9.99. The van der Waals surface area contributed by atoms with Crippen LogP contribution in [0.4, 0.5) is 11.9 Å². The zero-order valence-corrected chi connectivity index (χ0v) is 12.3. The summed E-state index contributed by atoms with van der Waals surface area (Å²) < 4.78 is 0. The first kappa shape index (κ1) is 14.0. The van der Waals surface area contributed by atoms with Crippen molar-refractivity contribution in [1.82, 2.24) is 19.9 Å². The van der Waals surface area contributed by atoms with Crippen LogP contribution in [0.25, 0.3) is 0 Å². The Labute approximate surface area is 115 Å². The van der Waals surface area contributed by atoms with Gasteiger partial charge >= 0.3 is 0 Å². The maximum atomic E-state index is 5.78. The Kier molecular flexibility index (Phi) is 4.19. The summed E-state index contributed by atoms with van der Waals surface area (Å²) in [6.07, 6.45) is 2.55. The second-order valence-corrected chi connectivity index (χ2v) is 5.66. The van der Waals surface area contributed by atoms with Crippen molar-refractivity contribution in [2.24, 2.45) is 5.92 Å². The third kappa shape index (κ3) is 3.32. The van der Waals surface area contributed by atoms with Crippen LogP contribution in [0.2, 0.25) is 0 Å². The van der Waals surface area contributed by atoms with E-state index in [1.54, 1.807) is 0 Å². The van der Waals surface area contributed by atoms with Crippen LogP contribution in [0, 0.1) is 5.92 Å². The molecule has 0 unspecified atom stereocenters. The molecule has 19 heavy (non-hydrogen) atoms. The van der Waals surface area contributed by atoms with E-state index in [4.69, 9.17) is 5.73 Å². The van der Waals surface area contributed by atoms with Crippen molar-refractivity contribution < 1.29 is 0 Å². The molecule has 1 aromatic rings. The number of nitrogens with zero attached hydrogens (tertiary/aromatic N) is 5. The minimum absolute atomic E-state index is 0.187. The Hall–Kier alpha value is -1.43. The monoisotopic (exact) mass is 264 g/mol. The number of likely N-dealkylation sites (tertiary alicyclic amines) is 1. The maximum absolute atomic E-state index is 5.78. The zero-order valence-electron chi connectivity index (χ0n) is 12.3. The lowest BCUT2D eigenvalue weighted by Gasteiger charge is -2.34. The molecule has 106 valence electrons. The number of rotatable bonds is 3. The highest BCUT2D eigenvalue weighted by Gasteiger charge is 2.24. The van der Waals surface area contributed by atoms with E-state index in [1.807, 2.05) is 19.0 Å². The van der Waals surface area contributed by atoms with E-state index in [0.29, 0.717) is 11.9 Å². The van der Waals surface area contributed by atoms with Gasteiger partial charge in [0.15, 0.2) is 5.82 Å². The number of piperidine rings is 1. The molecule has 2 N–H and O–H groups in total. The molecule has 0 spiro atoms. The lowest BCUT2D eigenvalue weighted by molar-refractivity contribution is 0.134. The van der Waals surface area contributed by atoms with Gasteiger partial charge in [0.05, 0.1) is 6.04 Å². The van der Waals surface area contributed by atoms with Crippen LogP contribution >= 0.6 is 0 Å². The first-order valence-corrected chi connectivity index (χ1v) is 6.90. The van der Waals surface area contributed by atoms with Crippen LogP contribution in [0.3, 0.4) is 0 Å². The third-order valence-electron chi connectivity index (χ3n) is 3.67. The molecule has 0 saturated carbocycles.